The van der Waals surface area contributed by atoms with Gasteiger partial charge in [0.05, 0.1) is 5.92 Å². The van der Waals surface area contributed by atoms with Crippen molar-refractivity contribution in [1.29, 1.82) is 0 Å². The molecule has 0 saturated heterocycles. The molecule has 0 aliphatic rings. The monoisotopic (exact) mass is 251 g/mol. The van der Waals surface area contributed by atoms with Crippen LogP contribution in [0.1, 0.15) is 18.4 Å². The van der Waals surface area contributed by atoms with Crippen LogP contribution >= 0.6 is 0 Å². The van der Waals surface area contributed by atoms with Crippen LogP contribution in [0.15, 0.2) is 30.3 Å². The van der Waals surface area contributed by atoms with E-state index in [2.05, 4.69) is 0 Å². The molecular weight excluding hydrogens is 234 g/mol. The molecule has 2 atom stereocenters. The third-order valence-electron chi connectivity index (χ3n) is 2.83. The molecule has 0 unspecified atom stereocenters. The first-order valence-electron chi connectivity index (χ1n) is 5.76. The van der Waals surface area contributed by atoms with E-state index in [1.165, 1.54) is 0 Å². The van der Waals surface area contributed by atoms with Gasteiger partial charge in [-0.15, -0.1) is 0 Å². The van der Waals surface area contributed by atoms with Crippen molar-refractivity contribution in [2.75, 3.05) is 0 Å². The van der Waals surface area contributed by atoms with Crippen LogP contribution in [0.5, 0.6) is 0 Å². The molecule has 0 spiro atoms. The lowest BCUT2D eigenvalue weighted by Gasteiger charge is -2.14. The molecule has 1 aromatic carbocycles. The summed E-state index contributed by atoms with van der Waals surface area (Å²) in [6.45, 7) is 0. The summed E-state index contributed by atoms with van der Waals surface area (Å²) in [6, 6.07) is 8.36. The number of benzene rings is 1. The summed E-state index contributed by atoms with van der Waals surface area (Å²) in [6.07, 6.45) is 0.946. The Balaban J connectivity index is 2.53. The van der Waals surface area contributed by atoms with E-state index >= 15 is 0 Å². The lowest BCUT2D eigenvalue weighted by molar-refractivity contribution is -0.143. The van der Waals surface area contributed by atoms with E-state index in [1.54, 1.807) is 0 Å². The number of carboxylic acids is 2. The molecule has 0 heterocycles. The fourth-order valence-corrected chi connectivity index (χ4v) is 1.74. The van der Waals surface area contributed by atoms with Crippen molar-refractivity contribution in [1.82, 2.24) is 0 Å². The number of aryl methyl sites for hydroxylation is 1. The molecule has 1 aromatic rings. The van der Waals surface area contributed by atoms with E-state index < -0.39 is 23.9 Å². The summed E-state index contributed by atoms with van der Waals surface area (Å²) in [7, 11) is 0. The second kappa shape index (κ2) is 6.76. The van der Waals surface area contributed by atoms with Crippen LogP contribution in [0.2, 0.25) is 0 Å². The molecule has 0 bridgehead atoms. The Bertz CT molecular complexity index is 405. The van der Waals surface area contributed by atoms with Crippen LogP contribution < -0.4 is 5.73 Å². The molecule has 0 radical (unpaired) electrons. The Labute approximate surface area is 105 Å². The Kier molecular flexibility index (Phi) is 5.32. The van der Waals surface area contributed by atoms with Crippen molar-refractivity contribution < 1.29 is 19.8 Å². The van der Waals surface area contributed by atoms with Gasteiger partial charge >= 0.3 is 11.9 Å². The number of carboxylic acid groups (broad SMARTS) is 2. The highest BCUT2D eigenvalue weighted by Crippen LogP contribution is 2.15. The highest BCUT2D eigenvalue weighted by molar-refractivity contribution is 5.75. The number of nitrogens with two attached hydrogens (primary N) is 1. The minimum atomic E-state index is -1.17. The summed E-state index contributed by atoms with van der Waals surface area (Å²) in [5.41, 5.74) is 6.40. The van der Waals surface area contributed by atoms with Crippen molar-refractivity contribution in [3.63, 3.8) is 0 Å². The molecule has 0 aliphatic carbocycles. The van der Waals surface area contributed by atoms with E-state index in [4.69, 9.17) is 15.9 Å². The van der Waals surface area contributed by atoms with Gasteiger partial charge in [0.15, 0.2) is 0 Å². The molecule has 0 saturated carbocycles. The van der Waals surface area contributed by atoms with Gasteiger partial charge in [0.1, 0.15) is 6.04 Å². The quantitative estimate of drug-likeness (QED) is 0.674. The number of rotatable bonds is 7. The van der Waals surface area contributed by atoms with Gasteiger partial charge in [0.25, 0.3) is 0 Å². The zero-order valence-corrected chi connectivity index (χ0v) is 9.95. The Morgan fingerprint density at radius 3 is 2.22 bits per heavy atom. The zero-order valence-electron chi connectivity index (χ0n) is 9.95. The molecular formula is C13H17NO4. The highest BCUT2D eigenvalue weighted by atomic mass is 16.4. The predicted molar refractivity (Wildman–Crippen MR) is 66.1 cm³/mol. The lowest BCUT2D eigenvalue weighted by Crippen LogP contribution is -2.34. The Morgan fingerprint density at radius 1 is 1.11 bits per heavy atom. The van der Waals surface area contributed by atoms with E-state index in [1.807, 2.05) is 30.3 Å². The zero-order chi connectivity index (χ0) is 13.5. The van der Waals surface area contributed by atoms with Gasteiger partial charge in [0, 0.05) is 0 Å². The van der Waals surface area contributed by atoms with Crippen molar-refractivity contribution >= 4 is 11.9 Å². The van der Waals surface area contributed by atoms with Crippen LogP contribution in [0.3, 0.4) is 0 Å². The first-order chi connectivity index (χ1) is 8.50. The largest absolute Gasteiger partial charge is 0.481 e. The van der Waals surface area contributed by atoms with Crippen LogP contribution in [-0.2, 0) is 16.0 Å². The van der Waals surface area contributed by atoms with E-state index in [-0.39, 0.29) is 6.42 Å². The maximum atomic E-state index is 11.0. The van der Waals surface area contributed by atoms with Gasteiger partial charge in [-0.25, -0.2) is 0 Å². The van der Waals surface area contributed by atoms with Gasteiger partial charge in [-0.05, 0) is 24.8 Å². The van der Waals surface area contributed by atoms with Gasteiger partial charge in [0.2, 0.25) is 0 Å². The topological polar surface area (TPSA) is 101 Å². The molecule has 98 valence electrons. The first kappa shape index (κ1) is 14.2. The van der Waals surface area contributed by atoms with Crippen LogP contribution in [-0.4, -0.2) is 28.2 Å². The summed E-state index contributed by atoms with van der Waals surface area (Å²) < 4.78 is 0. The number of hydrogen-bond donors (Lipinski definition) is 3. The van der Waals surface area contributed by atoms with E-state index in [0.29, 0.717) is 12.8 Å². The minimum absolute atomic E-state index is 0.0441. The summed E-state index contributed by atoms with van der Waals surface area (Å²) >= 11 is 0. The van der Waals surface area contributed by atoms with E-state index in [0.717, 1.165) is 5.56 Å². The molecule has 0 aromatic heterocycles. The van der Waals surface area contributed by atoms with Crippen LogP contribution in [0.25, 0.3) is 0 Å². The molecule has 0 amide bonds. The van der Waals surface area contributed by atoms with Crippen LogP contribution in [0.4, 0.5) is 0 Å². The van der Waals surface area contributed by atoms with Crippen molar-refractivity contribution in [2.24, 2.45) is 11.7 Å². The second-order valence-electron chi connectivity index (χ2n) is 4.24. The molecule has 0 fully saturated rings. The molecule has 18 heavy (non-hydrogen) atoms. The van der Waals surface area contributed by atoms with E-state index in [9.17, 15) is 9.59 Å². The number of carbonyl (C=O) groups is 2. The molecule has 1 rings (SSSR count). The number of aliphatic carboxylic acids is 2. The molecule has 5 heteroatoms. The highest BCUT2D eigenvalue weighted by Gasteiger charge is 2.23. The molecule has 5 nitrogen and oxygen atoms in total. The predicted octanol–water partition coefficient (Wildman–Crippen LogP) is 1.12. The van der Waals surface area contributed by atoms with Crippen molar-refractivity contribution in [3.05, 3.63) is 35.9 Å². The smallest absolute Gasteiger partial charge is 0.320 e. The molecule has 0 aliphatic heterocycles. The Morgan fingerprint density at radius 2 is 1.72 bits per heavy atom. The lowest BCUT2D eigenvalue weighted by atomic mass is 9.93. The SMILES string of the molecule is N[C@@H](C[C@H](CCc1ccccc1)C(=O)O)C(=O)O. The fourth-order valence-electron chi connectivity index (χ4n) is 1.74. The third kappa shape index (κ3) is 4.55. The first-order valence-corrected chi connectivity index (χ1v) is 5.76. The minimum Gasteiger partial charge on any atom is -0.481 e. The standard InChI is InChI=1S/C13H17NO4/c14-11(13(17)18)8-10(12(15)16)7-6-9-4-2-1-3-5-9/h1-5,10-11H,6-8,14H2,(H,15,16)(H,17,18)/t10-,11-/m0/s1. The van der Waals surface area contributed by atoms with Gasteiger partial charge in [-0.3, -0.25) is 9.59 Å². The van der Waals surface area contributed by atoms with Crippen molar-refractivity contribution in [3.8, 4) is 0 Å². The van der Waals surface area contributed by atoms with Crippen molar-refractivity contribution in [2.45, 2.75) is 25.3 Å². The summed E-state index contributed by atoms with van der Waals surface area (Å²) in [4.78, 5) is 21.6. The Hall–Kier alpha value is -1.88. The average molecular weight is 251 g/mol. The maximum Gasteiger partial charge on any atom is 0.320 e. The van der Waals surface area contributed by atoms with Crippen LogP contribution in [0, 0.1) is 5.92 Å². The molecule has 4 N–H and O–H groups in total. The number of hydrogen-bond acceptors (Lipinski definition) is 3. The normalized spacial score (nSPS) is 13.8. The fraction of sp³-hybridized carbons (Fsp3) is 0.385. The maximum absolute atomic E-state index is 11.0. The average Bonchev–Trinajstić information content (AvgIpc) is 2.34. The summed E-state index contributed by atoms with van der Waals surface area (Å²) in [5, 5.41) is 17.7. The van der Waals surface area contributed by atoms with Gasteiger partial charge < -0.3 is 15.9 Å². The van der Waals surface area contributed by atoms with Gasteiger partial charge in [-0.2, -0.15) is 0 Å². The van der Waals surface area contributed by atoms with Gasteiger partial charge in [-0.1, -0.05) is 30.3 Å². The third-order valence-corrected chi connectivity index (χ3v) is 2.83. The summed E-state index contributed by atoms with van der Waals surface area (Å²) in [5.74, 6) is -2.89. The second-order valence-corrected chi connectivity index (χ2v) is 4.24.